The van der Waals surface area contributed by atoms with Crippen LogP contribution in [0.5, 0.6) is 0 Å². The molecule has 7 heteroatoms. The van der Waals surface area contributed by atoms with E-state index in [1.54, 1.807) is 25.1 Å². The maximum atomic E-state index is 11.6. The van der Waals surface area contributed by atoms with Crippen LogP contribution in [-0.4, -0.2) is 35.9 Å². The Balaban J connectivity index is 2.79. The van der Waals surface area contributed by atoms with Crippen LogP contribution in [0.2, 0.25) is 5.02 Å². The second-order valence-electron chi connectivity index (χ2n) is 3.52. The molecular formula is C12H15ClN2O3S. The summed E-state index contributed by atoms with van der Waals surface area (Å²) in [5.74, 6) is -0.420. The Hall–Kier alpha value is -1.37. The SMILES string of the molecule is CCOC(=O)c1ccc(Cl)c(NC(=S)NCCO)c1. The Morgan fingerprint density at radius 3 is 2.89 bits per heavy atom. The highest BCUT2D eigenvalue weighted by atomic mass is 35.5. The Morgan fingerprint density at radius 1 is 1.53 bits per heavy atom. The van der Waals surface area contributed by atoms with Gasteiger partial charge in [0.05, 0.1) is 29.5 Å². The summed E-state index contributed by atoms with van der Waals surface area (Å²) < 4.78 is 4.90. The van der Waals surface area contributed by atoms with Gasteiger partial charge in [0, 0.05) is 6.54 Å². The van der Waals surface area contributed by atoms with Gasteiger partial charge in [-0.2, -0.15) is 0 Å². The summed E-state index contributed by atoms with van der Waals surface area (Å²) in [6.07, 6.45) is 0. The zero-order valence-electron chi connectivity index (χ0n) is 10.4. The van der Waals surface area contributed by atoms with Crippen molar-refractivity contribution >= 4 is 40.6 Å². The fraction of sp³-hybridized carbons (Fsp3) is 0.333. The first-order valence-corrected chi connectivity index (χ1v) is 6.49. The number of carbonyl (C=O) groups excluding carboxylic acids is 1. The molecule has 1 rings (SSSR count). The molecule has 0 amide bonds. The van der Waals surface area contributed by atoms with E-state index in [1.165, 1.54) is 0 Å². The van der Waals surface area contributed by atoms with Gasteiger partial charge in [-0.25, -0.2) is 4.79 Å². The largest absolute Gasteiger partial charge is 0.462 e. The average molecular weight is 303 g/mol. The van der Waals surface area contributed by atoms with E-state index in [-0.39, 0.29) is 6.61 Å². The third-order valence-corrected chi connectivity index (χ3v) is 2.70. The number of aliphatic hydroxyl groups excluding tert-OH is 1. The molecule has 19 heavy (non-hydrogen) atoms. The molecule has 0 aliphatic heterocycles. The molecule has 104 valence electrons. The van der Waals surface area contributed by atoms with Gasteiger partial charge in [0.15, 0.2) is 5.11 Å². The molecule has 0 aromatic heterocycles. The number of halogens is 1. The van der Waals surface area contributed by atoms with E-state index in [0.29, 0.717) is 34.5 Å². The fourth-order valence-corrected chi connectivity index (χ4v) is 1.68. The molecule has 0 aliphatic carbocycles. The number of nitrogens with one attached hydrogen (secondary N) is 2. The summed E-state index contributed by atoms with van der Waals surface area (Å²) in [6.45, 7) is 2.35. The molecule has 0 unspecified atom stereocenters. The van der Waals surface area contributed by atoms with Crippen LogP contribution in [0, 0.1) is 0 Å². The number of esters is 1. The highest BCUT2D eigenvalue weighted by Gasteiger charge is 2.10. The van der Waals surface area contributed by atoms with Crippen LogP contribution in [0.25, 0.3) is 0 Å². The van der Waals surface area contributed by atoms with Gasteiger partial charge < -0.3 is 20.5 Å². The van der Waals surface area contributed by atoms with Crippen molar-refractivity contribution in [3.05, 3.63) is 28.8 Å². The number of carbonyl (C=O) groups is 1. The molecule has 1 aromatic rings. The lowest BCUT2D eigenvalue weighted by molar-refractivity contribution is 0.0526. The zero-order chi connectivity index (χ0) is 14.3. The van der Waals surface area contributed by atoms with Gasteiger partial charge in [0.2, 0.25) is 0 Å². The standard InChI is InChI=1S/C12H15ClN2O3S/c1-2-18-11(17)8-3-4-9(13)10(7-8)15-12(19)14-5-6-16/h3-4,7,16H,2,5-6H2,1H3,(H2,14,15,19). The van der Waals surface area contributed by atoms with Gasteiger partial charge in [-0.1, -0.05) is 11.6 Å². The second kappa shape index (κ2) is 7.93. The summed E-state index contributed by atoms with van der Waals surface area (Å²) in [6, 6.07) is 4.73. The summed E-state index contributed by atoms with van der Waals surface area (Å²) in [5, 5.41) is 15.1. The van der Waals surface area contributed by atoms with Crippen LogP contribution >= 0.6 is 23.8 Å². The Morgan fingerprint density at radius 2 is 2.26 bits per heavy atom. The summed E-state index contributed by atoms with van der Waals surface area (Å²) in [7, 11) is 0. The molecule has 0 aliphatic rings. The Labute approximate surface area is 121 Å². The van der Waals surface area contributed by atoms with Crippen LogP contribution in [0.15, 0.2) is 18.2 Å². The van der Waals surface area contributed by atoms with E-state index in [9.17, 15) is 4.79 Å². The zero-order valence-corrected chi connectivity index (χ0v) is 12.0. The normalized spacial score (nSPS) is 9.84. The third-order valence-electron chi connectivity index (χ3n) is 2.12. The lowest BCUT2D eigenvalue weighted by Gasteiger charge is -2.12. The first-order chi connectivity index (χ1) is 9.08. The van der Waals surface area contributed by atoms with Crippen molar-refractivity contribution in [2.24, 2.45) is 0 Å². The van der Waals surface area contributed by atoms with E-state index in [0.717, 1.165) is 0 Å². The molecule has 0 saturated carbocycles. The van der Waals surface area contributed by atoms with Gasteiger partial charge in [-0.15, -0.1) is 0 Å². The molecule has 3 N–H and O–H groups in total. The molecule has 5 nitrogen and oxygen atoms in total. The minimum atomic E-state index is -0.420. The van der Waals surface area contributed by atoms with Gasteiger partial charge >= 0.3 is 5.97 Å². The lowest BCUT2D eigenvalue weighted by Crippen LogP contribution is -2.30. The number of aliphatic hydroxyl groups is 1. The molecule has 0 fully saturated rings. The van der Waals surface area contributed by atoms with Crippen molar-refractivity contribution in [1.82, 2.24) is 5.32 Å². The minimum Gasteiger partial charge on any atom is -0.462 e. The number of thiocarbonyl (C=S) groups is 1. The van der Waals surface area contributed by atoms with E-state index in [1.807, 2.05) is 0 Å². The first kappa shape index (κ1) is 15.7. The smallest absolute Gasteiger partial charge is 0.338 e. The second-order valence-corrected chi connectivity index (χ2v) is 4.34. The summed E-state index contributed by atoms with van der Waals surface area (Å²) in [5.41, 5.74) is 0.890. The number of hydrogen-bond acceptors (Lipinski definition) is 4. The highest BCUT2D eigenvalue weighted by Crippen LogP contribution is 2.23. The van der Waals surface area contributed by atoms with E-state index in [4.69, 9.17) is 33.7 Å². The minimum absolute atomic E-state index is 0.0293. The fourth-order valence-electron chi connectivity index (χ4n) is 1.30. The van der Waals surface area contributed by atoms with Crippen molar-refractivity contribution in [3.8, 4) is 0 Å². The van der Waals surface area contributed by atoms with Crippen molar-refractivity contribution in [1.29, 1.82) is 0 Å². The number of benzene rings is 1. The van der Waals surface area contributed by atoms with Gasteiger partial charge in [0.1, 0.15) is 0 Å². The van der Waals surface area contributed by atoms with Gasteiger partial charge in [-0.05, 0) is 37.3 Å². The lowest BCUT2D eigenvalue weighted by atomic mass is 10.2. The number of ether oxygens (including phenoxy) is 1. The van der Waals surface area contributed by atoms with Gasteiger partial charge in [0.25, 0.3) is 0 Å². The van der Waals surface area contributed by atoms with Crippen LogP contribution in [0.4, 0.5) is 5.69 Å². The summed E-state index contributed by atoms with van der Waals surface area (Å²) in [4.78, 5) is 11.6. The van der Waals surface area contributed by atoms with Crippen molar-refractivity contribution in [2.75, 3.05) is 25.1 Å². The highest BCUT2D eigenvalue weighted by molar-refractivity contribution is 7.80. The molecule has 0 bridgehead atoms. The first-order valence-electron chi connectivity index (χ1n) is 5.70. The molecule has 1 aromatic carbocycles. The maximum Gasteiger partial charge on any atom is 0.338 e. The van der Waals surface area contributed by atoms with Gasteiger partial charge in [-0.3, -0.25) is 0 Å². The van der Waals surface area contributed by atoms with Crippen LogP contribution in [0.1, 0.15) is 17.3 Å². The third kappa shape index (κ3) is 5.02. The van der Waals surface area contributed by atoms with Crippen molar-refractivity contribution in [3.63, 3.8) is 0 Å². The Kier molecular flexibility index (Phi) is 6.55. The van der Waals surface area contributed by atoms with Crippen LogP contribution in [0.3, 0.4) is 0 Å². The molecule has 0 saturated heterocycles. The molecule has 0 heterocycles. The number of rotatable bonds is 5. The predicted octanol–water partition coefficient (Wildman–Crippen LogP) is 1.80. The Bertz CT molecular complexity index is 468. The number of hydrogen-bond donors (Lipinski definition) is 3. The van der Waals surface area contributed by atoms with Crippen LogP contribution in [-0.2, 0) is 4.74 Å². The molecule has 0 radical (unpaired) electrons. The van der Waals surface area contributed by atoms with Crippen molar-refractivity contribution < 1.29 is 14.6 Å². The monoisotopic (exact) mass is 302 g/mol. The molecular weight excluding hydrogens is 288 g/mol. The van der Waals surface area contributed by atoms with E-state index in [2.05, 4.69) is 10.6 Å². The molecule has 0 atom stereocenters. The van der Waals surface area contributed by atoms with E-state index >= 15 is 0 Å². The van der Waals surface area contributed by atoms with Crippen LogP contribution < -0.4 is 10.6 Å². The van der Waals surface area contributed by atoms with Crippen molar-refractivity contribution in [2.45, 2.75) is 6.92 Å². The maximum absolute atomic E-state index is 11.6. The predicted molar refractivity (Wildman–Crippen MR) is 78.7 cm³/mol. The van der Waals surface area contributed by atoms with E-state index < -0.39 is 5.97 Å². The number of anilines is 1. The molecule has 0 spiro atoms. The quantitative estimate of drug-likeness (QED) is 0.569. The average Bonchev–Trinajstić information content (AvgIpc) is 2.39. The summed E-state index contributed by atoms with van der Waals surface area (Å²) >= 11 is 11.0. The topological polar surface area (TPSA) is 70.6 Å².